The van der Waals surface area contributed by atoms with Gasteiger partial charge in [-0.05, 0) is 43.0 Å². The van der Waals surface area contributed by atoms with Gasteiger partial charge >= 0.3 is 0 Å². The highest BCUT2D eigenvalue weighted by Crippen LogP contribution is 2.51. The summed E-state index contributed by atoms with van der Waals surface area (Å²) in [6.07, 6.45) is 3.60. The van der Waals surface area contributed by atoms with Crippen LogP contribution in [0.4, 0.5) is 4.39 Å². The van der Waals surface area contributed by atoms with Crippen LogP contribution < -0.4 is 16.0 Å². The molecular formula is C19H22FN7O. The molecule has 8 nitrogen and oxygen atoms in total. The monoisotopic (exact) mass is 383 g/mol. The number of nitrogens with two attached hydrogens (primary N) is 1. The van der Waals surface area contributed by atoms with E-state index >= 15 is 0 Å². The number of aliphatic imine (C=N–C) groups is 1. The van der Waals surface area contributed by atoms with Gasteiger partial charge in [-0.1, -0.05) is 0 Å². The van der Waals surface area contributed by atoms with Crippen LogP contribution in [0.25, 0.3) is 0 Å². The zero-order chi connectivity index (χ0) is 20.4. The van der Waals surface area contributed by atoms with Crippen LogP contribution in [0.2, 0.25) is 0 Å². The minimum Gasteiger partial charge on any atom is -0.481 e. The molecule has 2 heterocycles. The predicted octanol–water partition coefficient (Wildman–Crippen LogP) is 1.82. The fourth-order valence-electron chi connectivity index (χ4n) is 3.07. The number of allylic oxidation sites excluding steroid dienone is 2. The van der Waals surface area contributed by atoms with Gasteiger partial charge in [0.2, 0.25) is 5.88 Å². The molecule has 28 heavy (non-hydrogen) atoms. The molecule has 2 unspecified atom stereocenters. The van der Waals surface area contributed by atoms with Crippen LogP contribution in [0.3, 0.4) is 0 Å². The maximum atomic E-state index is 14.1. The molecule has 0 spiro atoms. The largest absolute Gasteiger partial charge is 0.481 e. The van der Waals surface area contributed by atoms with Crippen LogP contribution in [-0.4, -0.2) is 40.5 Å². The summed E-state index contributed by atoms with van der Waals surface area (Å²) in [4.78, 5) is 8.09. The number of hydrogen-bond acceptors (Lipinski definition) is 7. The van der Waals surface area contributed by atoms with Gasteiger partial charge in [-0.25, -0.2) is 14.1 Å². The number of aromatic nitrogens is 3. The molecule has 0 aromatic carbocycles. The molecule has 1 aliphatic rings. The molecule has 1 saturated carbocycles. The summed E-state index contributed by atoms with van der Waals surface area (Å²) in [5.74, 6) is 0.0740. The molecule has 0 aliphatic heterocycles. The number of methoxy groups -OCH3 is 1. The zero-order valence-corrected chi connectivity index (χ0v) is 15.9. The van der Waals surface area contributed by atoms with E-state index in [1.54, 1.807) is 38.2 Å². The summed E-state index contributed by atoms with van der Waals surface area (Å²) in [5.41, 5.74) is 8.52. The maximum absolute atomic E-state index is 14.1. The maximum Gasteiger partial charge on any atom is 0.213 e. The molecule has 1 fully saturated rings. The summed E-state index contributed by atoms with van der Waals surface area (Å²) < 4.78 is 20.4. The van der Waals surface area contributed by atoms with Crippen LogP contribution in [-0.2, 0) is 0 Å². The Morgan fingerprint density at radius 1 is 1.46 bits per heavy atom. The van der Waals surface area contributed by atoms with Gasteiger partial charge in [0.05, 0.1) is 19.0 Å². The third kappa shape index (κ3) is 3.83. The summed E-state index contributed by atoms with van der Waals surface area (Å²) >= 11 is 0. The van der Waals surface area contributed by atoms with Gasteiger partial charge in [0.25, 0.3) is 0 Å². The second kappa shape index (κ2) is 7.71. The minimum atomic E-state index is -0.374. The van der Waals surface area contributed by atoms with E-state index in [0.717, 1.165) is 12.6 Å². The Balaban J connectivity index is 1.85. The summed E-state index contributed by atoms with van der Waals surface area (Å²) in [5, 5.41) is 19.8. The number of hydrogen-bond donors (Lipinski definition) is 3. The summed E-state index contributed by atoms with van der Waals surface area (Å²) in [7, 11) is 3.11. The van der Waals surface area contributed by atoms with Gasteiger partial charge in [-0.2, -0.15) is 5.10 Å². The third-order valence-corrected chi connectivity index (χ3v) is 4.65. The molecule has 2 aromatic heterocycles. The van der Waals surface area contributed by atoms with Crippen molar-refractivity contribution in [2.24, 2.45) is 16.6 Å². The van der Waals surface area contributed by atoms with Gasteiger partial charge in [0.1, 0.15) is 22.8 Å². The molecule has 146 valence electrons. The van der Waals surface area contributed by atoms with E-state index in [9.17, 15) is 4.39 Å². The first-order valence-corrected chi connectivity index (χ1v) is 8.69. The van der Waals surface area contributed by atoms with Crippen molar-refractivity contribution in [3.8, 4) is 5.88 Å². The molecule has 9 heteroatoms. The summed E-state index contributed by atoms with van der Waals surface area (Å²) in [6, 6.07) is 4.81. The molecule has 1 aliphatic carbocycles. The Kier molecular flexibility index (Phi) is 5.34. The predicted molar refractivity (Wildman–Crippen MR) is 103 cm³/mol. The highest BCUT2D eigenvalue weighted by atomic mass is 19.1. The topological polar surface area (TPSA) is 126 Å². The molecule has 3 rings (SSSR count). The van der Waals surface area contributed by atoms with Crippen molar-refractivity contribution in [2.45, 2.75) is 19.3 Å². The number of rotatable bonds is 5. The lowest BCUT2D eigenvalue weighted by Crippen LogP contribution is -2.28. The highest BCUT2D eigenvalue weighted by molar-refractivity contribution is 6.07. The molecule has 2 atom stereocenters. The van der Waals surface area contributed by atoms with E-state index in [0.29, 0.717) is 28.5 Å². The third-order valence-electron chi connectivity index (χ3n) is 4.65. The van der Waals surface area contributed by atoms with Gasteiger partial charge in [0.15, 0.2) is 0 Å². The highest BCUT2D eigenvalue weighted by Gasteiger charge is 2.42. The number of pyridine rings is 1. The molecule has 2 aromatic rings. The van der Waals surface area contributed by atoms with Crippen molar-refractivity contribution in [2.75, 3.05) is 14.2 Å². The van der Waals surface area contributed by atoms with Crippen molar-refractivity contribution in [1.82, 2.24) is 14.8 Å². The van der Waals surface area contributed by atoms with Crippen molar-refractivity contribution < 1.29 is 9.13 Å². The number of nitrogens with zero attached hydrogens (tertiary/aromatic N) is 4. The number of ether oxygens (including phenoxy) is 1. The van der Waals surface area contributed by atoms with E-state index in [2.05, 4.69) is 15.1 Å². The van der Waals surface area contributed by atoms with E-state index < -0.39 is 0 Å². The minimum absolute atomic E-state index is 0.00889. The quantitative estimate of drug-likeness (QED) is 0.538. The Morgan fingerprint density at radius 2 is 2.21 bits per heavy atom. The molecular weight excluding hydrogens is 361 g/mol. The van der Waals surface area contributed by atoms with Crippen molar-refractivity contribution in [1.29, 1.82) is 10.8 Å². The van der Waals surface area contributed by atoms with E-state index in [1.165, 1.54) is 11.8 Å². The SMILES string of the molecule is CN=C(/C=C(\N)C1CC1c1cc(OC)ncc1F)c1ccc(=N)n(C(C)=N)n1. The van der Waals surface area contributed by atoms with Crippen molar-refractivity contribution >= 4 is 11.5 Å². The van der Waals surface area contributed by atoms with E-state index in [1.807, 2.05) is 0 Å². The molecule has 0 amide bonds. The molecule has 0 saturated heterocycles. The van der Waals surface area contributed by atoms with Gasteiger partial charge < -0.3 is 10.5 Å². The van der Waals surface area contributed by atoms with E-state index in [4.69, 9.17) is 21.3 Å². The molecule has 0 bridgehead atoms. The lowest BCUT2D eigenvalue weighted by Gasteiger charge is -2.08. The molecule has 0 radical (unpaired) electrons. The Morgan fingerprint density at radius 3 is 2.86 bits per heavy atom. The van der Waals surface area contributed by atoms with Crippen LogP contribution >= 0.6 is 0 Å². The average molecular weight is 383 g/mol. The standard InChI is InChI=1S/C19H22FN7O/c1-10(21)27-18(23)5-4-16(26-27)17(24-2)8-15(22)13-6-11(13)12-7-19(28-3)25-9-14(12)20/h4-5,7-9,11,13,21,23H,6,22H2,1-3H3/b15-8-,21-10?,23-18?,24-17?. The smallest absolute Gasteiger partial charge is 0.213 e. The average Bonchev–Trinajstić information content (AvgIpc) is 3.47. The Labute approximate surface area is 161 Å². The fourth-order valence-corrected chi connectivity index (χ4v) is 3.07. The Bertz CT molecular complexity index is 1040. The summed E-state index contributed by atoms with van der Waals surface area (Å²) in [6.45, 7) is 1.55. The first-order chi connectivity index (χ1) is 13.3. The van der Waals surface area contributed by atoms with Gasteiger partial charge in [-0.15, -0.1) is 0 Å². The first-order valence-electron chi connectivity index (χ1n) is 8.69. The second-order valence-electron chi connectivity index (χ2n) is 6.55. The lowest BCUT2D eigenvalue weighted by molar-refractivity contribution is 0.394. The van der Waals surface area contributed by atoms with Crippen molar-refractivity contribution in [3.05, 3.63) is 58.7 Å². The van der Waals surface area contributed by atoms with Crippen LogP contribution in [0.15, 0.2) is 41.2 Å². The van der Waals surface area contributed by atoms with Gasteiger partial charge in [0, 0.05) is 24.7 Å². The second-order valence-corrected chi connectivity index (χ2v) is 6.55. The number of nitrogens with one attached hydrogen (secondary N) is 2. The number of halogens is 1. The first kappa shape index (κ1) is 19.4. The van der Waals surface area contributed by atoms with Gasteiger partial charge in [-0.3, -0.25) is 15.8 Å². The van der Waals surface area contributed by atoms with Crippen LogP contribution in [0.1, 0.15) is 30.5 Å². The normalized spacial score (nSPS) is 19.4. The Hall–Kier alpha value is -3.36. The van der Waals surface area contributed by atoms with Crippen molar-refractivity contribution in [3.63, 3.8) is 0 Å². The fraction of sp³-hybridized carbons (Fsp3) is 0.316. The van der Waals surface area contributed by atoms with E-state index in [-0.39, 0.29) is 29.0 Å². The molecule has 4 N–H and O–H groups in total. The zero-order valence-electron chi connectivity index (χ0n) is 15.9. The van der Waals surface area contributed by atoms with Crippen LogP contribution in [0.5, 0.6) is 5.88 Å². The van der Waals surface area contributed by atoms with Crippen LogP contribution in [0, 0.1) is 22.6 Å². The lowest BCUT2D eigenvalue weighted by atomic mass is 10.1.